The summed E-state index contributed by atoms with van der Waals surface area (Å²) in [6.45, 7) is 0.209. The van der Waals surface area contributed by atoms with E-state index in [1.807, 2.05) is 41.0 Å². The van der Waals surface area contributed by atoms with Crippen molar-refractivity contribution in [2.45, 2.75) is 6.67 Å². The highest BCUT2D eigenvalue weighted by atomic mass is 16.2. The van der Waals surface area contributed by atoms with Crippen molar-refractivity contribution < 1.29 is 9.59 Å². The topological polar surface area (TPSA) is 42.3 Å². The van der Waals surface area contributed by atoms with Crippen LogP contribution in [-0.2, 0) is 6.67 Å². The van der Waals surface area contributed by atoms with Gasteiger partial charge in [0.25, 0.3) is 11.8 Å². The first-order valence-electron chi connectivity index (χ1n) is 8.17. The number of hydrogen-bond acceptors (Lipinski definition) is 2. The maximum Gasteiger partial charge on any atom is 0.263 e. The normalized spacial score (nSPS) is 13.8. The summed E-state index contributed by atoms with van der Waals surface area (Å²) in [5, 5.41) is 2.24. The molecule has 0 bridgehead atoms. The van der Waals surface area contributed by atoms with E-state index in [1.54, 1.807) is 24.3 Å². The molecule has 0 atom stereocenters. The number of fused-ring (bicyclic) bond motifs is 4. The fraction of sp³-hybridized carbons (Fsp3) is 0.0476. The molecular formula is C21H14N2O2. The Kier molecular flexibility index (Phi) is 2.82. The highest BCUT2D eigenvalue weighted by Gasteiger charge is 2.35. The highest BCUT2D eigenvalue weighted by Crippen LogP contribution is 2.30. The Labute approximate surface area is 143 Å². The molecule has 0 saturated heterocycles. The summed E-state index contributed by atoms with van der Waals surface area (Å²) in [6.07, 6.45) is 0. The van der Waals surface area contributed by atoms with Crippen LogP contribution < -0.4 is 0 Å². The fourth-order valence-electron chi connectivity index (χ4n) is 3.66. The molecule has 4 aromatic rings. The maximum atomic E-state index is 12.7. The van der Waals surface area contributed by atoms with Crippen molar-refractivity contribution in [3.05, 3.63) is 83.9 Å². The lowest BCUT2D eigenvalue weighted by Crippen LogP contribution is -2.31. The van der Waals surface area contributed by atoms with Crippen LogP contribution in [0.1, 0.15) is 20.7 Å². The fourth-order valence-corrected chi connectivity index (χ4v) is 3.66. The third kappa shape index (κ3) is 1.88. The van der Waals surface area contributed by atoms with Crippen LogP contribution in [0.3, 0.4) is 0 Å². The summed E-state index contributed by atoms with van der Waals surface area (Å²) in [5.74, 6) is -0.468. The lowest BCUT2D eigenvalue weighted by Gasteiger charge is -2.16. The van der Waals surface area contributed by atoms with Gasteiger partial charge in [0.2, 0.25) is 0 Å². The third-order valence-electron chi connectivity index (χ3n) is 4.84. The summed E-state index contributed by atoms with van der Waals surface area (Å²) >= 11 is 0. The van der Waals surface area contributed by atoms with Crippen molar-refractivity contribution in [2.24, 2.45) is 0 Å². The van der Waals surface area contributed by atoms with Gasteiger partial charge in [0.1, 0.15) is 6.67 Å². The van der Waals surface area contributed by atoms with Gasteiger partial charge in [-0.25, -0.2) is 0 Å². The zero-order valence-corrected chi connectivity index (χ0v) is 13.3. The molecule has 1 aromatic heterocycles. The van der Waals surface area contributed by atoms with Gasteiger partial charge in [0.15, 0.2) is 0 Å². The van der Waals surface area contributed by atoms with Crippen molar-refractivity contribution >= 4 is 33.6 Å². The molecule has 0 unspecified atom stereocenters. The highest BCUT2D eigenvalue weighted by molar-refractivity contribution is 6.21. The smallest absolute Gasteiger partial charge is 0.263 e. The number of carbonyl (C=O) groups excluding carboxylic acids is 2. The molecule has 4 nitrogen and oxygen atoms in total. The minimum absolute atomic E-state index is 0.209. The molecule has 4 heteroatoms. The van der Waals surface area contributed by atoms with Crippen LogP contribution in [0.5, 0.6) is 0 Å². The van der Waals surface area contributed by atoms with Crippen LogP contribution in [-0.4, -0.2) is 21.3 Å². The maximum absolute atomic E-state index is 12.7. The number of aromatic nitrogens is 1. The average Bonchev–Trinajstić information content (AvgIpc) is 3.11. The monoisotopic (exact) mass is 326 g/mol. The Morgan fingerprint density at radius 2 is 1.04 bits per heavy atom. The molecule has 3 aromatic carbocycles. The molecule has 0 saturated carbocycles. The SMILES string of the molecule is O=C1c2ccccc2C(=O)N1Cn1c2ccccc2c2ccccc21. The number of amides is 2. The van der Waals surface area contributed by atoms with Gasteiger partial charge in [-0.1, -0.05) is 48.5 Å². The van der Waals surface area contributed by atoms with E-state index in [2.05, 4.69) is 12.1 Å². The largest absolute Gasteiger partial charge is 0.321 e. The number of benzene rings is 3. The third-order valence-corrected chi connectivity index (χ3v) is 4.84. The van der Waals surface area contributed by atoms with Crippen LogP contribution in [0.4, 0.5) is 0 Å². The van der Waals surface area contributed by atoms with Gasteiger partial charge >= 0.3 is 0 Å². The van der Waals surface area contributed by atoms with Crippen molar-refractivity contribution in [1.82, 2.24) is 9.47 Å². The number of hydrogen-bond donors (Lipinski definition) is 0. The second kappa shape index (κ2) is 5.05. The quantitative estimate of drug-likeness (QED) is 0.522. The molecule has 0 fully saturated rings. The second-order valence-electron chi connectivity index (χ2n) is 6.19. The number of rotatable bonds is 2. The molecule has 5 rings (SSSR count). The van der Waals surface area contributed by atoms with Gasteiger partial charge in [-0.15, -0.1) is 0 Å². The number of nitrogens with zero attached hydrogens (tertiary/aromatic N) is 2. The summed E-state index contributed by atoms with van der Waals surface area (Å²) < 4.78 is 2.03. The zero-order chi connectivity index (χ0) is 17.0. The molecule has 0 N–H and O–H groups in total. The van der Waals surface area contributed by atoms with Gasteiger partial charge in [-0.05, 0) is 24.3 Å². The Bertz CT molecular complexity index is 1080. The van der Waals surface area contributed by atoms with Crippen molar-refractivity contribution in [3.63, 3.8) is 0 Å². The lowest BCUT2D eigenvalue weighted by atomic mass is 10.1. The minimum Gasteiger partial charge on any atom is -0.321 e. The van der Waals surface area contributed by atoms with Crippen molar-refractivity contribution in [3.8, 4) is 0 Å². The van der Waals surface area contributed by atoms with E-state index >= 15 is 0 Å². The number of para-hydroxylation sites is 2. The van der Waals surface area contributed by atoms with E-state index in [9.17, 15) is 9.59 Å². The Morgan fingerprint density at radius 3 is 1.56 bits per heavy atom. The van der Waals surface area contributed by atoms with Gasteiger partial charge in [0, 0.05) is 10.8 Å². The van der Waals surface area contributed by atoms with E-state index in [-0.39, 0.29) is 18.5 Å². The van der Waals surface area contributed by atoms with E-state index < -0.39 is 0 Å². The summed E-state index contributed by atoms with van der Waals surface area (Å²) in [5.41, 5.74) is 2.99. The summed E-state index contributed by atoms with van der Waals surface area (Å²) in [6, 6.07) is 23.1. The zero-order valence-electron chi connectivity index (χ0n) is 13.3. The van der Waals surface area contributed by atoms with Gasteiger partial charge in [-0.3, -0.25) is 14.5 Å². The molecule has 2 heterocycles. The minimum atomic E-state index is -0.234. The van der Waals surface area contributed by atoms with Crippen molar-refractivity contribution in [2.75, 3.05) is 0 Å². The van der Waals surface area contributed by atoms with Gasteiger partial charge in [0.05, 0.1) is 22.2 Å². The molecule has 1 aliphatic heterocycles. The van der Waals surface area contributed by atoms with Crippen LogP contribution in [0, 0.1) is 0 Å². The first-order valence-corrected chi connectivity index (χ1v) is 8.17. The van der Waals surface area contributed by atoms with E-state index in [0.717, 1.165) is 21.8 Å². The molecule has 0 radical (unpaired) electrons. The first-order chi connectivity index (χ1) is 12.3. The van der Waals surface area contributed by atoms with Crippen LogP contribution in [0.15, 0.2) is 72.8 Å². The molecular weight excluding hydrogens is 312 g/mol. The standard InChI is InChI=1S/C21H14N2O2/c24-20-16-9-1-2-10-17(16)21(25)23(20)13-22-18-11-5-3-7-14(18)15-8-4-6-12-19(15)22/h1-12H,13H2. The predicted octanol–water partition coefficient (Wildman–Crippen LogP) is 4.05. The second-order valence-corrected chi connectivity index (χ2v) is 6.19. The summed E-state index contributed by atoms with van der Waals surface area (Å²) in [4.78, 5) is 26.7. The molecule has 25 heavy (non-hydrogen) atoms. The van der Waals surface area contributed by atoms with Gasteiger partial charge < -0.3 is 4.57 Å². The number of imide groups is 1. The predicted molar refractivity (Wildman–Crippen MR) is 96.4 cm³/mol. The lowest BCUT2D eigenvalue weighted by molar-refractivity contribution is 0.0611. The Morgan fingerprint density at radius 1 is 0.600 bits per heavy atom. The van der Waals surface area contributed by atoms with Crippen LogP contribution in [0.2, 0.25) is 0 Å². The first kappa shape index (κ1) is 14.0. The average molecular weight is 326 g/mol. The van der Waals surface area contributed by atoms with E-state index in [0.29, 0.717) is 11.1 Å². The Hall–Kier alpha value is -3.40. The van der Waals surface area contributed by atoms with Gasteiger partial charge in [-0.2, -0.15) is 0 Å². The van der Waals surface area contributed by atoms with Crippen LogP contribution >= 0.6 is 0 Å². The van der Waals surface area contributed by atoms with Crippen molar-refractivity contribution in [1.29, 1.82) is 0 Å². The summed E-state index contributed by atoms with van der Waals surface area (Å²) in [7, 11) is 0. The Balaban J connectivity index is 1.68. The molecule has 0 spiro atoms. The number of carbonyl (C=O) groups is 2. The van der Waals surface area contributed by atoms with E-state index in [1.165, 1.54) is 4.90 Å². The molecule has 2 amide bonds. The molecule has 1 aliphatic rings. The molecule has 0 aliphatic carbocycles. The molecule has 120 valence electrons. The van der Waals surface area contributed by atoms with Crippen LogP contribution in [0.25, 0.3) is 21.8 Å². The van der Waals surface area contributed by atoms with E-state index in [4.69, 9.17) is 0 Å².